The number of hydrogen-bond acceptors (Lipinski definition) is 3. The summed E-state index contributed by atoms with van der Waals surface area (Å²) in [7, 11) is 0. The van der Waals surface area contributed by atoms with Gasteiger partial charge in [0.15, 0.2) is 0 Å². The van der Waals surface area contributed by atoms with E-state index >= 15 is 0 Å². The summed E-state index contributed by atoms with van der Waals surface area (Å²) in [5.74, 6) is 1.06. The van der Waals surface area contributed by atoms with Crippen molar-refractivity contribution in [3.8, 4) is 5.75 Å². The highest BCUT2D eigenvalue weighted by molar-refractivity contribution is 5.76. The number of carbonyl (C=O) groups excluding carboxylic acids is 1. The number of nitrogens with zero attached hydrogens (tertiary/aromatic N) is 1. The Morgan fingerprint density at radius 1 is 1.23 bits per heavy atom. The molecule has 0 saturated heterocycles. The normalized spacial score (nSPS) is 17.1. The number of fused-ring (bicyclic) bond motifs is 1. The highest BCUT2D eigenvalue weighted by Crippen LogP contribution is 2.26. The van der Waals surface area contributed by atoms with Crippen molar-refractivity contribution in [2.45, 2.75) is 46.4 Å². The Hall–Kier alpha value is -2.33. The highest BCUT2D eigenvalue weighted by Gasteiger charge is 2.20. The van der Waals surface area contributed by atoms with Crippen LogP contribution in [-0.4, -0.2) is 30.0 Å². The third-order valence-electron chi connectivity index (χ3n) is 4.85. The van der Waals surface area contributed by atoms with Gasteiger partial charge in [0, 0.05) is 38.2 Å². The van der Waals surface area contributed by atoms with E-state index < -0.39 is 0 Å². The van der Waals surface area contributed by atoms with E-state index in [4.69, 9.17) is 4.74 Å². The number of ether oxygens (including phenoxy) is 1. The maximum absolute atomic E-state index is 12.3. The number of hydrogen-bond donors (Lipinski definition) is 1. The highest BCUT2D eigenvalue weighted by atomic mass is 16.5. The molecule has 4 nitrogen and oxygen atoms in total. The molecular weight excluding hydrogens is 324 g/mol. The molecule has 0 saturated carbocycles. The summed E-state index contributed by atoms with van der Waals surface area (Å²) in [6.45, 7) is 9.23. The molecule has 1 N–H and O–H groups in total. The lowest BCUT2D eigenvalue weighted by molar-refractivity contribution is -0.121. The molecule has 1 heterocycles. The van der Waals surface area contributed by atoms with E-state index in [2.05, 4.69) is 61.3 Å². The summed E-state index contributed by atoms with van der Waals surface area (Å²) in [6, 6.07) is 14.5. The van der Waals surface area contributed by atoms with Gasteiger partial charge in [-0.3, -0.25) is 9.69 Å². The number of nitrogens with one attached hydrogen (secondary N) is 1. The van der Waals surface area contributed by atoms with Gasteiger partial charge in [0.25, 0.3) is 0 Å². The van der Waals surface area contributed by atoms with Gasteiger partial charge < -0.3 is 10.1 Å². The number of rotatable bonds is 5. The smallest absolute Gasteiger partial charge is 0.221 e. The van der Waals surface area contributed by atoms with Gasteiger partial charge in [-0.15, -0.1) is 0 Å². The van der Waals surface area contributed by atoms with Gasteiger partial charge in [0.05, 0.1) is 0 Å². The molecule has 2 aromatic carbocycles. The zero-order chi connectivity index (χ0) is 18.5. The molecule has 0 aliphatic carbocycles. The summed E-state index contributed by atoms with van der Waals surface area (Å²) in [5.41, 5.74) is 4.81. The maximum atomic E-state index is 12.3. The number of benzene rings is 2. The summed E-state index contributed by atoms with van der Waals surface area (Å²) in [4.78, 5) is 14.6. The Balaban J connectivity index is 1.53. The van der Waals surface area contributed by atoms with Crippen molar-refractivity contribution in [1.29, 1.82) is 0 Å². The molecule has 0 bridgehead atoms. The zero-order valence-electron chi connectivity index (χ0n) is 15.9. The summed E-state index contributed by atoms with van der Waals surface area (Å²) < 4.78 is 6.03. The Morgan fingerprint density at radius 2 is 2.04 bits per heavy atom. The second-order valence-electron chi connectivity index (χ2n) is 7.23. The first-order valence-corrected chi connectivity index (χ1v) is 9.31. The summed E-state index contributed by atoms with van der Waals surface area (Å²) in [5, 5.41) is 3.04. The molecule has 1 amide bonds. The third kappa shape index (κ3) is 4.85. The quantitative estimate of drug-likeness (QED) is 0.894. The molecule has 1 aliphatic heterocycles. The lowest BCUT2D eigenvalue weighted by atomic mass is 10.1. The molecule has 3 rings (SSSR count). The molecule has 0 fully saturated rings. The monoisotopic (exact) mass is 352 g/mol. The first-order valence-electron chi connectivity index (χ1n) is 9.31. The van der Waals surface area contributed by atoms with Crippen LogP contribution in [0.3, 0.4) is 0 Å². The molecule has 0 radical (unpaired) electrons. The largest absolute Gasteiger partial charge is 0.489 e. The molecule has 138 valence electrons. The summed E-state index contributed by atoms with van der Waals surface area (Å²) >= 11 is 0. The minimum Gasteiger partial charge on any atom is -0.489 e. The number of amides is 1. The number of aryl methyl sites for hydroxylation is 2. The first-order chi connectivity index (χ1) is 12.5. The fourth-order valence-corrected chi connectivity index (χ4v) is 3.39. The minimum absolute atomic E-state index is 0.0931. The molecule has 26 heavy (non-hydrogen) atoms. The fourth-order valence-electron chi connectivity index (χ4n) is 3.39. The van der Waals surface area contributed by atoms with Gasteiger partial charge in [-0.2, -0.15) is 0 Å². The van der Waals surface area contributed by atoms with E-state index in [0.717, 1.165) is 25.4 Å². The Labute approximate surface area is 156 Å². The van der Waals surface area contributed by atoms with Crippen LogP contribution in [0, 0.1) is 13.8 Å². The second kappa shape index (κ2) is 8.37. The van der Waals surface area contributed by atoms with E-state index in [0.29, 0.717) is 13.0 Å². The average Bonchev–Trinajstić information content (AvgIpc) is 2.76. The predicted molar refractivity (Wildman–Crippen MR) is 104 cm³/mol. The van der Waals surface area contributed by atoms with Crippen LogP contribution in [0.4, 0.5) is 0 Å². The maximum Gasteiger partial charge on any atom is 0.221 e. The molecule has 2 aromatic rings. The van der Waals surface area contributed by atoms with Crippen LogP contribution < -0.4 is 10.1 Å². The Bertz CT molecular complexity index is 772. The lowest BCUT2D eigenvalue weighted by Crippen LogP contribution is -2.34. The van der Waals surface area contributed by atoms with Crippen molar-refractivity contribution in [1.82, 2.24) is 10.2 Å². The molecule has 1 aliphatic rings. The van der Waals surface area contributed by atoms with E-state index in [9.17, 15) is 4.79 Å². The molecule has 0 spiro atoms. The van der Waals surface area contributed by atoms with Gasteiger partial charge in [-0.1, -0.05) is 42.0 Å². The van der Waals surface area contributed by atoms with Gasteiger partial charge in [-0.25, -0.2) is 0 Å². The zero-order valence-corrected chi connectivity index (χ0v) is 15.9. The first kappa shape index (κ1) is 18.5. The van der Waals surface area contributed by atoms with E-state index in [1.165, 1.54) is 22.3 Å². The molecule has 0 unspecified atom stereocenters. The van der Waals surface area contributed by atoms with Crippen molar-refractivity contribution in [3.05, 3.63) is 64.7 Å². The van der Waals surface area contributed by atoms with Crippen LogP contribution in [0.25, 0.3) is 0 Å². The fraction of sp³-hybridized carbons (Fsp3) is 0.409. The van der Waals surface area contributed by atoms with Gasteiger partial charge >= 0.3 is 0 Å². The van der Waals surface area contributed by atoms with Crippen molar-refractivity contribution in [3.63, 3.8) is 0 Å². The van der Waals surface area contributed by atoms with Gasteiger partial charge in [0.2, 0.25) is 5.91 Å². The Kier molecular flexibility index (Phi) is 5.94. The van der Waals surface area contributed by atoms with Crippen molar-refractivity contribution >= 4 is 5.91 Å². The molecule has 1 atom stereocenters. The lowest BCUT2D eigenvalue weighted by Gasteiger charge is -2.21. The van der Waals surface area contributed by atoms with Crippen molar-refractivity contribution < 1.29 is 9.53 Å². The average molecular weight is 352 g/mol. The van der Waals surface area contributed by atoms with E-state index in [-0.39, 0.29) is 12.0 Å². The van der Waals surface area contributed by atoms with Crippen LogP contribution in [0.15, 0.2) is 42.5 Å². The van der Waals surface area contributed by atoms with Gasteiger partial charge in [-0.05, 0) is 38.0 Å². The minimum atomic E-state index is 0.0931. The SMILES string of the molecule is Cc1ccc2c(c1)CN(CCC(=O)NCc1ccccc1C)C[C@H](C)O2. The standard InChI is InChI=1S/C22H28N2O2/c1-16-8-9-21-20(12-16)15-24(14-18(3)26-21)11-10-22(25)23-13-19-7-5-4-6-17(19)2/h4-9,12,18H,10-11,13-15H2,1-3H3,(H,23,25)/t18-/m0/s1. The predicted octanol–water partition coefficient (Wildman–Crippen LogP) is 3.59. The van der Waals surface area contributed by atoms with Crippen molar-refractivity contribution in [2.75, 3.05) is 13.1 Å². The van der Waals surface area contributed by atoms with Crippen LogP contribution in [0.1, 0.15) is 35.6 Å². The number of carbonyl (C=O) groups is 1. The van der Waals surface area contributed by atoms with Crippen LogP contribution in [0.5, 0.6) is 5.75 Å². The Morgan fingerprint density at radius 3 is 2.85 bits per heavy atom. The second-order valence-corrected chi connectivity index (χ2v) is 7.23. The molecular formula is C22H28N2O2. The van der Waals surface area contributed by atoms with E-state index in [1.54, 1.807) is 0 Å². The van der Waals surface area contributed by atoms with Crippen LogP contribution >= 0.6 is 0 Å². The van der Waals surface area contributed by atoms with E-state index in [1.807, 2.05) is 12.1 Å². The van der Waals surface area contributed by atoms with Crippen molar-refractivity contribution in [2.24, 2.45) is 0 Å². The van der Waals surface area contributed by atoms with Gasteiger partial charge in [0.1, 0.15) is 11.9 Å². The third-order valence-corrected chi connectivity index (χ3v) is 4.85. The molecule has 0 aromatic heterocycles. The van der Waals surface area contributed by atoms with Crippen LogP contribution in [-0.2, 0) is 17.9 Å². The molecule has 4 heteroatoms. The topological polar surface area (TPSA) is 41.6 Å². The van der Waals surface area contributed by atoms with Crippen LogP contribution in [0.2, 0.25) is 0 Å². The summed E-state index contributed by atoms with van der Waals surface area (Å²) in [6.07, 6.45) is 0.619.